The zero-order valence-corrected chi connectivity index (χ0v) is 17.0. The number of rotatable bonds is 6. The van der Waals surface area contributed by atoms with Crippen LogP contribution in [0.4, 0.5) is 0 Å². The molecule has 0 bridgehead atoms. The highest BCUT2D eigenvalue weighted by atomic mass is 32.1. The van der Waals surface area contributed by atoms with Gasteiger partial charge in [-0.2, -0.15) is 5.26 Å². The molecule has 0 saturated heterocycles. The second-order valence-electron chi connectivity index (χ2n) is 7.09. The van der Waals surface area contributed by atoms with E-state index in [1.807, 2.05) is 38.1 Å². The van der Waals surface area contributed by atoms with Crippen LogP contribution in [-0.2, 0) is 16.0 Å². The lowest BCUT2D eigenvalue weighted by molar-refractivity contribution is -0.153. The Hall–Kier alpha value is -2.58. The molecule has 0 spiro atoms. The van der Waals surface area contributed by atoms with Gasteiger partial charge in [0.25, 0.3) is 0 Å². The first-order chi connectivity index (χ1) is 12.7. The van der Waals surface area contributed by atoms with Gasteiger partial charge in [-0.1, -0.05) is 24.3 Å². The minimum atomic E-state index is -0.696. The molecular weight excluding hydrogens is 356 g/mol. The first-order valence-corrected chi connectivity index (χ1v) is 9.24. The van der Waals surface area contributed by atoms with Gasteiger partial charge >= 0.3 is 5.97 Å². The molecule has 2 rings (SSSR count). The maximum absolute atomic E-state index is 12.3. The number of hydrogen-bond acceptors (Lipinski definition) is 5. The van der Waals surface area contributed by atoms with E-state index in [1.54, 1.807) is 26.0 Å². The van der Waals surface area contributed by atoms with Gasteiger partial charge in [-0.05, 0) is 62.9 Å². The van der Waals surface area contributed by atoms with Crippen molar-refractivity contribution in [2.45, 2.75) is 39.0 Å². The molecule has 0 aliphatic heterocycles. The molecule has 1 N–H and O–H groups in total. The van der Waals surface area contributed by atoms with Crippen LogP contribution in [0.5, 0.6) is 0 Å². The third-order valence-electron chi connectivity index (χ3n) is 4.43. The van der Waals surface area contributed by atoms with Gasteiger partial charge < -0.3 is 10.1 Å². The maximum atomic E-state index is 12.3. The van der Waals surface area contributed by atoms with Gasteiger partial charge in [0.2, 0.25) is 0 Å². The number of benzene rings is 2. The molecule has 2 aromatic rings. The number of hydrogen-bond donors (Lipinski definition) is 2. The van der Waals surface area contributed by atoms with Crippen LogP contribution >= 0.6 is 12.6 Å². The number of nitrogens with zero attached hydrogens (tertiary/aromatic N) is 1. The molecule has 0 unspecified atom stereocenters. The van der Waals surface area contributed by atoms with Crippen molar-refractivity contribution in [2.75, 3.05) is 6.61 Å². The van der Waals surface area contributed by atoms with Crippen molar-refractivity contribution in [3.63, 3.8) is 0 Å². The van der Waals surface area contributed by atoms with E-state index in [9.17, 15) is 4.79 Å². The highest BCUT2D eigenvalue weighted by molar-refractivity contribution is 7.80. The van der Waals surface area contributed by atoms with Crippen molar-refractivity contribution in [3.05, 3.63) is 53.1 Å². The number of thiol groups is 1. The van der Waals surface area contributed by atoms with Crippen LogP contribution in [0.25, 0.3) is 11.1 Å². The highest BCUT2D eigenvalue weighted by Gasteiger charge is 2.31. The predicted octanol–water partition coefficient (Wildman–Crippen LogP) is 5.03. The van der Waals surface area contributed by atoms with Gasteiger partial charge in [0.15, 0.2) is 0 Å². The number of nitrogens with one attached hydrogen (secondary N) is 1. The molecule has 0 atom stereocenters. The minimum absolute atomic E-state index is 0.246. The first-order valence-electron chi connectivity index (χ1n) is 8.79. The Balaban J connectivity index is 2.60. The van der Waals surface area contributed by atoms with E-state index in [2.05, 4.69) is 6.07 Å². The topological polar surface area (TPSA) is 73.9 Å². The van der Waals surface area contributed by atoms with Crippen molar-refractivity contribution < 1.29 is 9.53 Å². The predicted molar refractivity (Wildman–Crippen MR) is 110 cm³/mol. The van der Waals surface area contributed by atoms with E-state index in [1.165, 1.54) is 0 Å². The average molecular weight is 381 g/mol. The second-order valence-corrected chi connectivity index (χ2v) is 7.54. The van der Waals surface area contributed by atoms with E-state index < -0.39 is 5.41 Å². The molecule has 2 aromatic carbocycles. The highest BCUT2D eigenvalue weighted by Crippen LogP contribution is 2.37. The van der Waals surface area contributed by atoms with Crippen molar-refractivity contribution in [2.24, 2.45) is 5.41 Å². The molecular formula is C22H24N2O2S. The summed E-state index contributed by atoms with van der Waals surface area (Å²) < 4.78 is 5.22. The maximum Gasteiger partial charge on any atom is 0.311 e. The van der Waals surface area contributed by atoms with Crippen LogP contribution in [0.1, 0.15) is 44.4 Å². The summed E-state index contributed by atoms with van der Waals surface area (Å²) in [5.41, 5.74) is 3.78. The normalized spacial score (nSPS) is 11.0. The lowest BCUT2D eigenvalue weighted by Gasteiger charge is -2.25. The van der Waals surface area contributed by atoms with E-state index in [-0.39, 0.29) is 5.97 Å². The summed E-state index contributed by atoms with van der Waals surface area (Å²) in [5, 5.41) is 17.1. The first kappa shape index (κ1) is 20.7. The molecule has 0 aliphatic carbocycles. The average Bonchev–Trinajstić information content (AvgIpc) is 2.62. The summed E-state index contributed by atoms with van der Waals surface area (Å²) in [6.45, 7) is 7.58. The lowest BCUT2D eigenvalue weighted by Crippen LogP contribution is -2.29. The van der Waals surface area contributed by atoms with Gasteiger partial charge in [-0.3, -0.25) is 4.79 Å². The summed E-state index contributed by atoms with van der Waals surface area (Å²) in [4.78, 5) is 13.0. The minimum Gasteiger partial charge on any atom is -0.466 e. The summed E-state index contributed by atoms with van der Waals surface area (Å²) >= 11 is 4.70. The Kier molecular flexibility index (Phi) is 6.45. The van der Waals surface area contributed by atoms with Gasteiger partial charge in [0, 0.05) is 16.2 Å². The summed E-state index contributed by atoms with van der Waals surface area (Å²) in [7, 11) is 0. The Morgan fingerprint density at radius 2 is 1.85 bits per heavy atom. The fourth-order valence-electron chi connectivity index (χ4n) is 2.99. The fourth-order valence-corrected chi connectivity index (χ4v) is 3.51. The number of ether oxygens (including phenoxy) is 1. The molecule has 0 amide bonds. The Labute approximate surface area is 166 Å². The molecule has 0 aliphatic rings. The quantitative estimate of drug-likeness (QED) is 0.419. The number of carbonyl (C=O) groups is 1. The molecule has 0 saturated carbocycles. The lowest BCUT2D eigenvalue weighted by atomic mass is 9.82. The van der Waals surface area contributed by atoms with E-state index in [0.29, 0.717) is 29.2 Å². The molecule has 27 heavy (non-hydrogen) atoms. The number of carbonyl (C=O) groups excluding carboxylic acids is 1. The zero-order chi connectivity index (χ0) is 20.2. The van der Waals surface area contributed by atoms with Gasteiger partial charge in [-0.15, -0.1) is 12.6 Å². The SMILES string of the molecule is CCOC(=O)C(C)(C)Cc1ccc(C(C)=N)c(S)c1-c1ccc(C#N)cc1. The van der Waals surface area contributed by atoms with Crippen molar-refractivity contribution in [3.8, 4) is 17.2 Å². The Morgan fingerprint density at radius 3 is 2.37 bits per heavy atom. The third kappa shape index (κ3) is 4.58. The summed E-state index contributed by atoms with van der Waals surface area (Å²) in [6.07, 6.45) is 0.478. The van der Waals surface area contributed by atoms with E-state index in [0.717, 1.165) is 22.3 Å². The molecule has 0 fully saturated rings. The molecule has 5 heteroatoms. The smallest absolute Gasteiger partial charge is 0.311 e. The van der Waals surface area contributed by atoms with Crippen LogP contribution in [0.15, 0.2) is 41.3 Å². The monoisotopic (exact) mass is 380 g/mol. The third-order valence-corrected chi connectivity index (χ3v) is 4.90. The zero-order valence-electron chi connectivity index (χ0n) is 16.1. The summed E-state index contributed by atoms with van der Waals surface area (Å²) in [6, 6.07) is 13.2. The largest absolute Gasteiger partial charge is 0.466 e. The van der Waals surface area contributed by atoms with Crippen LogP contribution in [0.2, 0.25) is 0 Å². The van der Waals surface area contributed by atoms with Crippen molar-refractivity contribution >= 4 is 24.3 Å². The van der Waals surface area contributed by atoms with Crippen molar-refractivity contribution in [1.29, 1.82) is 10.7 Å². The van der Waals surface area contributed by atoms with Crippen LogP contribution in [0, 0.1) is 22.2 Å². The van der Waals surface area contributed by atoms with Crippen LogP contribution < -0.4 is 0 Å². The van der Waals surface area contributed by atoms with Crippen molar-refractivity contribution in [1.82, 2.24) is 0 Å². The molecule has 0 aromatic heterocycles. The number of esters is 1. The number of nitriles is 1. The molecule has 4 nitrogen and oxygen atoms in total. The standard InChI is InChI=1S/C22H24N2O2S/c1-5-26-21(25)22(3,4)12-17-10-11-18(14(2)24)20(27)19(17)16-8-6-15(13-23)7-9-16/h6-11,24,27H,5,12H2,1-4H3. The van der Waals surface area contributed by atoms with E-state index >= 15 is 0 Å². The second kappa shape index (κ2) is 8.41. The molecule has 140 valence electrons. The van der Waals surface area contributed by atoms with E-state index in [4.69, 9.17) is 28.0 Å². The van der Waals surface area contributed by atoms with Gasteiger partial charge in [0.05, 0.1) is 23.7 Å². The van der Waals surface area contributed by atoms with Crippen LogP contribution in [-0.4, -0.2) is 18.3 Å². The Morgan fingerprint density at radius 1 is 1.22 bits per heavy atom. The van der Waals surface area contributed by atoms with Gasteiger partial charge in [0.1, 0.15) is 0 Å². The summed E-state index contributed by atoms with van der Waals surface area (Å²) in [5.74, 6) is -0.246. The Bertz CT molecular complexity index is 909. The fraction of sp³-hybridized carbons (Fsp3) is 0.318. The van der Waals surface area contributed by atoms with Crippen LogP contribution in [0.3, 0.4) is 0 Å². The molecule has 0 radical (unpaired) electrons. The van der Waals surface area contributed by atoms with Gasteiger partial charge in [-0.25, -0.2) is 0 Å². The molecule has 0 heterocycles.